The summed E-state index contributed by atoms with van der Waals surface area (Å²) in [6.07, 6.45) is 63.4. The molecule has 2 heteroatoms. The number of esters is 1. The molecule has 2 nitrogen and oxygen atoms in total. The molecule has 0 heterocycles. The number of carbonyl (C=O) groups excluding carboxylic acids is 1. The zero-order valence-electron chi connectivity index (χ0n) is 37.2. The van der Waals surface area contributed by atoms with E-state index in [4.69, 9.17) is 4.74 Å². The number of allylic oxidation sites excluding steroid dienone is 2. The van der Waals surface area contributed by atoms with E-state index in [1.54, 1.807) is 0 Å². The second-order valence-corrected chi connectivity index (χ2v) is 17.6. The highest BCUT2D eigenvalue weighted by Crippen LogP contribution is 2.17. The van der Waals surface area contributed by atoms with Crippen LogP contribution in [0.2, 0.25) is 0 Å². The molecular weight excluding hydrogens is 645 g/mol. The summed E-state index contributed by atoms with van der Waals surface area (Å²) in [7, 11) is 0. The molecule has 0 saturated carbocycles. The number of hydrogen-bond acceptors (Lipinski definition) is 2. The Labute approximate surface area is 336 Å². The van der Waals surface area contributed by atoms with Crippen molar-refractivity contribution in [2.75, 3.05) is 6.61 Å². The first-order valence-electron chi connectivity index (χ1n) is 25.0. The van der Waals surface area contributed by atoms with Crippen LogP contribution in [0, 0.1) is 5.92 Å². The summed E-state index contributed by atoms with van der Waals surface area (Å²) in [5.74, 6) is 0.914. The Morgan fingerprint density at radius 2 is 0.660 bits per heavy atom. The lowest BCUT2D eigenvalue weighted by atomic mass is 10.0. The molecule has 0 aromatic rings. The minimum atomic E-state index is 0.0298. The van der Waals surface area contributed by atoms with Crippen molar-refractivity contribution in [2.45, 2.75) is 297 Å². The molecule has 0 aliphatic heterocycles. The van der Waals surface area contributed by atoms with E-state index in [0.29, 0.717) is 13.0 Å². The summed E-state index contributed by atoms with van der Waals surface area (Å²) in [4.78, 5) is 12.1. The summed E-state index contributed by atoms with van der Waals surface area (Å²) in [6.45, 7) is 7.61. The van der Waals surface area contributed by atoms with Crippen molar-refractivity contribution in [1.82, 2.24) is 0 Å². The molecule has 0 spiro atoms. The lowest BCUT2D eigenvalue weighted by molar-refractivity contribution is -0.143. The molecule has 0 amide bonds. The van der Waals surface area contributed by atoms with Gasteiger partial charge >= 0.3 is 5.97 Å². The van der Waals surface area contributed by atoms with Crippen LogP contribution in [0.4, 0.5) is 0 Å². The van der Waals surface area contributed by atoms with Crippen LogP contribution in [0.5, 0.6) is 0 Å². The summed E-state index contributed by atoms with van der Waals surface area (Å²) < 4.78 is 5.50. The largest absolute Gasteiger partial charge is 0.466 e. The third kappa shape index (κ3) is 49.2. The van der Waals surface area contributed by atoms with Crippen molar-refractivity contribution in [3.63, 3.8) is 0 Å². The van der Waals surface area contributed by atoms with E-state index in [1.165, 1.54) is 257 Å². The average Bonchev–Trinajstić information content (AvgIpc) is 3.15. The molecule has 53 heavy (non-hydrogen) atoms. The van der Waals surface area contributed by atoms with Crippen LogP contribution in [0.3, 0.4) is 0 Å². The second kappa shape index (κ2) is 47.4. The van der Waals surface area contributed by atoms with Gasteiger partial charge in [-0.15, -0.1) is 0 Å². The van der Waals surface area contributed by atoms with Gasteiger partial charge in [0.15, 0.2) is 0 Å². The molecule has 0 aromatic carbocycles. The van der Waals surface area contributed by atoms with Gasteiger partial charge < -0.3 is 4.74 Å². The molecule has 0 N–H and O–H groups in total. The molecule has 316 valence electrons. The van der Waals surface area contributed by atoms with Gasteiger partial charge in [0.05, 0.1) is 6.61 Å². The smallest absolute Gasteiger partial charge is 0.305 e. The van der Waals surface area contributed by atoms with E-state index >= 15 is 0 Å². The molecule has 0 atom stereocenters. The highest BCUT2D eigenvalue weighted by atomic mass is 16.5. The zero-order valence-corrected chi connectivity index (χ0v) is 37.2. The van der Waals surface area contributed by atoms with E-state index in [-0.39, 0.29) is 5.97 Å². The molecule has 0 aliphatic carbocycles. The first-order chi connectivity index (χ1) is 26.2. The standard InChI is InChI=1S/C51H100O2/c1-4-5-6-7-8-9-10-11-12-13-14-17-21-24-27-30-33-36-39-42-45-48-51(52)53-49-46-43-40-37-34-31-28-25-22-19-16-15-18-20-23-26-29-32-35-38-41-44-47-50(2)3/h11-12,50H,4-10,13-49H2,1-3H3. The maximum absolute atomic E-state index is 12.1. The highest BCUT2D eigenvalue weighted by Gasteiger charge is 2.03. The molecule has 0 bridgehead atoms. The number of rotatable bonds is 46. The SMILES string of the molecule is CCCCCCCCC=CCCCCCCCCCCCCCC(=O)OCCCCCCCCCCCCCCCCCCCCCCCCC(C)C. The van der Waals surface area contributed by atoms with Gasteiger partial charge in [0.2, 0.25) is 0 Å². The van der Waals surface area contributed by atoms with Crippen molar-refractivity contribution in [3.8, 4) is 0 Å². The fourth-order valence-electron chi connectivity index (χ4n) is 7.85. The van der Waals surface area contributed by atoms with Crippen LogP contribution in [-0.2, 0) is 9.53 Å². The Balaban J connectivity index is 3.17. The van der Waals surface area contributed by atoms with Gasteiger partial charge in [-0.25, -0.2) is 0 Å². The average molecular weight is 745 g/mol. The van der Waals surface area contributed by atoms with Crippen molar-refractivity contribution < 1.29 is 9.53 Å². The fourth-order valence-corrected chi connectivity index (χ4v) is 7.85. The van der Waals surface area contributed by atoms with Gasteiger partial charge in [0.25, 0.3) is 0 Å². The van der Waals surface area contributed by atoms with Crippen molar-refractivity contribution >= 4 is 5.97 Å². The lowest BCUT2D eigenvalue weighted by Gasteiger charge is -2.06. The topological polar surface area (TPSA) is 26.3 Å². The minimum absolute atomic E-state index is 0.0298. The Bertz CT molecular complexity index is 696. The van der Waals surface area contributed by atoms with Crippen LogP contribution in [0.25, 0.3) is 0 Å². The quantitative estimate of drug-likeness (QED) is 0.0352. The molecular formula is C51H100O2. The summed E-state index contributed by atoms with van der Waals surface area (Å²) >= 11 is 0. The van der Waals surface area contributed by atoms with E-state index < -0.39 is 0 Å². The summed E-state index contributed by atoms with van der Waals surface area (Å²) in [6, 6.07) is 0. The van der Waals surface area contributed by atoms with Crippen LogP contribution < -0.4 is 0 Å². The predicted molar refractivity (Wildman–Crippen MR) is 239 cm³/mol. The third-order valence-corrected chi connectivity index (χ3v) is 11.6. The molecule has 0 rings (SSSR count). The van der Waals surface area contributed by atoms with E-state index in [0.717, 1.165) is 18.8 Å². The van der Waals surface area contributed by atoms with Gasteiger partial charge in [-0.1, -0.05) is 264 Å². The maximum Gasteiger partial charge on any atom is 0.305 e. The Morgan fingerprint density at radius 3 is 1.00 bits per heavy atom. The van der Waals surface area contributed by atoms with Gasteiger partial charge in [-0.05, 0) is 44.4 Å². The van der Waals surface area contributed by atoms with Crippen molar-refractivity contribution in [2.24, 2.45) is 5.92 Å². The zero-order chi connectivity index (χ0) is 38.4. The van der Waals surface area contributed by atoms with Crippen LogP contribution >= 0.6 is 0 Å². The molecule has 0 radical (unpaired) electrons. The monoisotopic (exact) mass is 745 g/mol. The first-order valence-corrected chi connectivity index (χ1v) is 25.0. The summed E-state index contributed by atoms with van der Waals surface area (Å²) in [5.41, 5.74) is 0. The van der Waals surface area contributed by atoms with Gasteiger partial charge in [0.1, 0.15) is 0 Å². The molecule has 0 fully saturated rings. The van der Waals surface area contributed by atoms with Gasteiger partial charge in [0, 0.05) is 6.42 Å². The van der Waals surface area contributed by atoms with Gasteiger partial charge in [-0.3, -0.25) is 4.79 Å². The summed E-state index contributed by atoms with van der Waals surface area (Å²) in [5, 5.41) is 0. The number of ether oxygens (including phenoxy) is 1. The first kappa shape index (κ1) is 52.2. The normalized spacial score (nSPS) is 11.8. The van der Waals surface area contributed by atoms with Crippen molar-refractivity contribution in [1.29, 1.82) is 0 Å². The highest BCUT2D eigenvalue weighted by molar-refractivity contribution is 5.69. The minimum Gasteiger partial charge on any atom is -0.466 e. The molecule has 0 saturated heterocycles. The van der Waals surface area contributed by atoms with Crippen molar-refractivity contribution in [3.05, 3.63) is 12.2 Å². The van der Waals surface area contributed by atoms with Crippen LogP contribution in [0.15, 0.2) is 12.2 Å². The molecule has 0 aliphatic rings. The van der Waals surface area contributed by atoms with Crippen LogP contribution in [0.1, 0.15) is 297 Å². The number of carbonyl (C=O) groups is 1. The van der Waals surface area contributed by atoms with Crippen LogP contribution in [-0.4, -0.2) is 12.6 Å². The second-order valence-electron chi connectivity index (χ2n) is 17.6. The number of hydrogen-bond donors (Lipinski definition) is 0. The van der Waals surface area contributed by atoms with E-state index in [1.807, 2.05) is 0 Å². The third-order valence-electron chi connectivity index (χ3n) is 11.6. The van der Waals surface area contributed by atoms with E-state index in [9.17, 15) is 4.79 Å². The van der Waals surface area contributed by atoms with E-state index in [2.05, 4.69) is 32.9 Å². The lowest BCUT2D eigenvalue weighted by Crippen LogP contribution is -2.05. The Hall–Kier alpha value is -0.790. The Morgan fingerprint density at radius 1 is 0.377 bits per heavy atom. The molecule has 0 aromatic heterocycles. The maximum atomic E-state index is 12.1. The fraction of sp³-hybridized carbons (Fsp3) is 0.941. The molecule has 0 unspecified atom stereocenters. The predicted octanol–water partition coefficient (Wildman–Crippen LogP) is 18.5. The Kier molecular flexibility index (Phi) is 46.7. The van der Waals surface area contributed by atoms with Gasteiger partial charge in [-0.2, -0.15) is 0 Å². The number of unbranched alkanes of at least 4 members (excludes halogenated alkanes) is 38.